The van der Waals surface area contributed by atoms with Crippen LogP contribution in [0.15, 0.2) is 72.6 Å². The van der Waals surface area contributed by atoms with Gasteiger partial charge in [0.15, 0.2) is 17.3 Å². The summed E-state index contributed by atoms with van der Waals surface area (Å²) in [6.07, 6.45) is -2.44. The summed E-state index contributed by atoms with van der Waals surface area (Å²) in [5.41, 5.74) is -8.26. The first kappa shape index (κ1) is 16.3. The zero-order chi connectivity index (χ0) is 61.8. The highest BCUT2D eigenvalue weighted by atomic mass is 35.5. The van der Waals surface area contributed by atoms with Crippen LogP contribution in [0.4, 0.5) is 0 Å². The Hall–Kier alpha value is -2.46. The number of benzene rings is 3. The molecule has 264 valence electrons. The molecule has 0 radical (unpaired) electrons. The standard InChI is InChI=1S/3C14H19ClO/c3*1-10(9-14(2,3)4)13(16)11-6-5-7-12(15)8-11/h3*5-8,10H,9H2,1-4H3/t3*10-/m000/s1/i2D3,3D3,4D3,5D,6D,7D,8D,10D;5D,6D,7D,8D,10D;2D3,3D3,4D3,10D. The molecule has 0 N–H and O–H groups in total. The predicted molar refractivity (Wildman–Crippen MR) is 207 cm³/mol. The Labute approximate surface area is 346 Å². The third kappa shape index (κ3) is 17.8. The lowest BCUT2D eigenvalue weighted by Crippen LogP contribution is -2.18. The second-order valence-corrected chi connectivity index (χ2v) is 13.3. The number of hydrogen-bond acceptors (Lipinski definition) is 3. The van der Waals surface area contributed by atoms with Gasteiger partial charge in [0.1, 0.15) is 0 Å². The van der Waals surface area contributed by atoms with Gasteiger partial charge in [-0.2, -0.15) is 0 Å². The van der Waals surface area contributed by atoms with Gasteiger partial charge in [-0.25, -0.2) is 0 Å². The van der Waals surface area contributed by atoms with Crippen molar-refractivity contribution in [2.24, 2.45) is 33.9 Å². The van der Waals surface area contributed by atoms with E-state index in [4.69, 9.17) is 74.6 Å². The Balaban J connectivity index is 0.000000586. The summed E-state index contributed by atoms with van der Waals surface area (Å²) >= 11 is 17.3. The van der Waals surface area contributed by atoms with Crippen molar-refractivity contribution in [2.45, 2.75) is 102 Å². The van der Waals surface area contributed by atoms with Gasteiger partial charge in [-0.05, 0) is 71.8 Å². The maximum absolute atomic E-state index is 13.0. The van der Waals surface area contributed by atoms with Gasteiger partial charge in [0.25, 0.3) is 0 Å². The molecule has 0 spiro atoms. The third-order valence-corrected chi connectivity index (χ3v) is 6.36. The predicted octanol–water partition coefficient (Wildman–Crippen LogP) is 13.8. The van der Waals surface area contributed by atoms with Gasteiger partial charge < -0.3 is 0 Å². The molecular weight excluding hydrogens is 659 g/mol. The molecule has 0 aliphatic rings. The third-order valence-electron chi connectivity index (χ3n) is 5.75. The molecule has 3 nitrogen and oxygen atoms in total. The maximum Gasteiger partial charge on any atom is 0.165 e. The number of ketones is 3. The average molecular weight is 745 g/mol. The van der Waals surface area contributed by atoms with Crippen LogP contribution >= 0.6 is 34.8 Å². The summed E-state index contributed by atoms with van der Waals surface area (Å²) in [6, 6.07) is 0.284. The van der Waals surface area contributed by atoms with Crippen LogP contribution in [0, 0.1) is 33.9 Å². The smallest absolute Gasteiger partial charge is 0.165 e. The first-order valence-electron chi connectivity index (χ1n) is 28.6. The van der Waals surface area contributed by atoms with E-state index in [1.165, 1.54) is 31.2 Å². The average Bonchev–Trinajstić information content (AvgIpc) is 3.21. The van der Waals surface area contributed by atoms with Crippen LogP contribution in [0.3, 0.4) is 0 Å². The van der Waals surface area contributed by atoms with E-state index in [2.05, 4.69) is 0 Å². The Morgan fingerprint density at radius 3 is 1.35 bits per heavy atom. The van der Waals surface area contributed by atoms with Gasteiger partial charge in [-0.1, -0.05) is 154 Å². The lowest BCUT2D eigenvalue weighted by atomic mass is 9.82. The highest BCUT2D eigenvalue weighted by Crippen LogP contribution is 2.29. The van der Waals surface area contributed by atoms with Crippen molar-refractivity contribution in [2.75, 3.05) is 0 Å². The van der Waals surface area contributed by atoms with E-state index < -0.39 is 159 Å². The summed E-state index contributed by atoms with van der Waals surface area (Å²) in [6.45, 7) is -12.4. The number of hydrogen-bond donors (Lipinski definition) is 0. The van der Waals surface area contributed by atoms with Crippen LogP contribution < -0.4 is 0 Å². The first-order chi connectivity index (χ1) is 33.7. The van der Waals surface area contributed by atoms with E-state index in [-0.39, 0.29) is 33.0 Å². The zero-order valence-corrected chi connectivity index (χ0v) is 29.6. The van der Waals surface area contributed by atoms with Crippen LogP contribution in [0.1, 0.15) is 173 Å². The van der Waals surface area contributed by atoms with Crippen LogP contribution in [0.2, 0.25) is 15.1 Å². The quantitative estimate of drug-likeness (QED) is 0.205. The van der Waals surface area contributed by atoms with E-state index in [0.29, 0.717) is 0 Å². The molecule has 0 unspecified atom stereocenters. The Morgan fingerprint density at radius 1 is 0.625 bits per heavy atom. The first-order valence-corrected chi connectivity index (χ1v) is 15.3. The minimum absolute atomic E-state index is 0.0366. The Kier molecular flexibility index (Phi) is 6.46. The molecule has 0 amide bonds. The van der Waals surface area contributed by atoms with Gasteiger partial charge in [-0.3, -0.25) is 14.4 Å². The Bertz CT molecular complexity index is 2560. The zero-order valence-electron chi connectivity index (χ0n) is 56.3. The van der Waals surface area contributed by atoms with Crippen LogP contribution in [0.25, 0.3) is 0 Å². The molecule has 6 heteroatoms. The van der Waals surface area contributed by atoms with Crippen molar-refractivity contribution in [3.05, 3.63) is 104 Å². The topological polar surface area (TPSA) is 51.2 Å². The molecule has 0 aliphatic carbocycles. The normalized spacial score (nSPS) is 25.9. The van der Waals surface area contributed by atoms with Crippen molar-refractivity contribution in [1.29, 1.82) is 0 Å². The van der Waals surface area contributed by atoms with Crippen molar-refractivity contribution < 1.29 is 54.1 Å². The number of halogens is 3. The largest absolute Gasteiger partial charge is 0.294 e. The van der Waals surface area contributed by atoms with E-state index in [0.717, 1.165) is 13.8 Å². The molecule has 0 saturated carbocycles. The fraction of sp³-hybridized carbons (Fsp3) is 0.500. The molecule has 0 aromatic heterocycles. The number of carbonyl (C=O) groups is 3. The minimum Gasteiger partial charge on any atom is -0.294 e. The van der Waals surface area contributed by atoms with Crippen molar-refractivity contribution in [1.82, 2.24) is 0 Å². The molecule has 3 atom stereocenters. The second-order valence-electron chi connectivity index (χ2n) is 12.1. The van der Waals surface area contributed by atoms with E-state index in [9.17, 15) is 14.4 Å². The minimum atomic E-state index is -3.64. The van der Waals surface area contributed by atoms with Crippen molar-refractivity contribution >= 4 is 52.2 Å². The molecule has 0 bridgehead atoms. The van der Waals surface area contributed by atoms with Gasteiger partial charge >= 0.3 is 0 Å². The van der Waals surface area contributed by atoms with E-state index >= 15 is 0 Å². The molecule has 0 fully saturated rings. The van der Waals surface area contributed by atoms with E-state index in [1.807, 2.05) is 20.8 Å². The van der Waals surface area contributed by atoms with Crippen LogP contribution in [0.5, 0.6) is 0 Å². The summed E-state index contributed by atoms with van der Waals surface area (Å²) in [5, 5.41) is -0.796. The molecule has 3 rings (SSSR count). The molecule has 0 saturated heterocycles. The molecule has 3 aromatic rings. The van der Waals surface area contributed by atoms with Crippen LogP contribution in [-0.4, -0.2) is 17.3 Å². The summed E-state index contributed by atoms with van der Waals surface area (Å²) in [7, 11) is 0. The highest BCUT2D eigenvalue weighted by Gasteiger charge is 2.24. The molecular formula is C42H57Cl3O3. The summed E-state index contributed by atoms with van der Waals surface area (Å²) in [4.78, 5) is 38.3. The Morgan fingerprint density at radius 2 is 1.00 bits per heavy atom. The van der Waals surface area contributed by atoms with Crippen molar-refractivity contribution in [3.8, 4) is 0 Å². The number of rotatable bonds is 9. The molecule has 0 aliphatic heterocycles. The fourth-order valence-corrected chi connectivity index (χ4v) is 4.48. The van der Waals surface area contributed by atoms with Crippen molar-refractivity contribution in [3.63, 3.8) is 0 Å². The monoisotopic (exact) mass is 744 g/mol. The lowest BCUT2D eigenvalue weighted by Gasteiger charge is -2.22. The SMILES string of the molecule is [2H]C([2H])([2H])C(C[C@]([2H])(C)C(=O)c1cccc(Cl)c1)(C([2H])([2H])[2H])C([2H])([2H])[2H].[2H]c1c([2H])c(Cl)c([2H])c(C(=O)[C@@]([2H])(C)CC(C([2H])([2H])[2H])(C([2H])([2H])[2H])C([2H])([2H])[2H])c1[2H].[2H]c1c([2H])c(Cl)c([2H])c(C(=O)[C@@]([2H])(C)CC(C)(C)C)c1[2H]. The molecule has 0 heterocycles. The highest BCUT2D eigenvalue weighted by molar-refractivity contribution is 6.31. The van der Waals surface area contributed by atoms with Gasteiger partial charge in [0, 0.05) is 78.2 Å². The van der Waals surface area contributed by atoms with E-state index in [1.54, 1.807) is 0 Å². The summed E-state index contributed by atoms with van der Waals surface area (Å²) in [5.74, 6) is -9.65. The fourth-order valence-electron chi connectivity index (χ4n) is 4.00. The number of carbonyl (C=O) groups excluding carboxylic acids is 3. The van der Waals surface area contributed by atoms with Crippen LogP contribution in [-0.2, 0) is 0 Å². The van der Waals surface area contributed by atoms with Gasteiger partial charge in [0.05, 0.1) is 11.0 Å². The molecule has 3 aromatic carbocycles. The summed E-state index contributed by atoms with van der Waals surface area (Å²) < 4.78 is 224. The number of Topliss-reactive ketones (excluding diaryl/α,β-unsaturated/α-hetero) is 3. The van der Waals surface area contributed by atoms with Gasteiger partial charge in [0.2, 0.25) is 0 Å². The molecule has 48 heavy (non-hydrogen) atoms. The lowest BCUT2D eigenvalue weighted by molar-refractivity contribution is 0.0891. The maximum atomic E-state index is 13.0. The second kappa shape index (κ2) is 19.1. The van der Waals surface area contributed by atoms with Gasteiger partial charge in [-0.15, -0.1) is 0 Å².